The number of hydrogen-bond donors (Lipinski definition) is 4. The summed E-state index contributed by atoms with van der Waals surface area (Å²) in [5.41, 5.74) is 10.9. The molecule has 2 atom stereocenters. The van der Waals surface area contributed by atoms with Gasteiger partial charge in [0.2, 0.25) is 5.91 Å². The summed E-state index contributed by atoms with van der Waals surface area (Å²) in [5, 5.41) is 11.7. The second-order valence-electron chi connectivity index (χ2n) is 4.22. The number of nitrogens with one attached hydrogen (secondary N) is 1. The van der Waals surface area contributed by atoms with Crippen LogP contribution in [0.2, 0.25) is 0 Å². The van der Waals surface area contributed by atoms with E-state index in [2.05, 4.69) is 5.32 Å². The van der Waals surface area contributed by atoms with Crippen molar-refractivity contribution in [3.63, 3.8) is 0 Å². The highest BCUT2D eigenvalue weighted by Gasteiger charge is 2.25. The van der Waals surface area contributed by atoms with E-state index >= 15 is 0 Å². The summed E-state index contributed by atoms with van der Waals surface area (Å²) in [6, 6.07) is -0.798. The molecule has 0 heterocycles. The Bertz CT molecular complexity index is 319. The Balaban J connectivity index is 4.20. The first-order valence-corrected chi connectivity index (χ1v) is 8.40. The van der Waals surface area contributed by atoms with E-state index in [0.29, 0.717) is 6.42 Å². The van der Waals surface area contributed by atoms with Gasteiger partial charge in [-0.1, -0.05) is 0 Å². The Kier molecular flexibility index (Phi) is 10.0. The van der Waals surface area contributed by atoms with Crippen LogP contribution >= 0.6 is 7.60 Å². The SMILES string of the molecule is CCOP(=O)(CNC(=O)[C@@H](N)CC[C@@H](O)CN)OCC. The average Bonchev–Trinajstić information content (AvgIpc) is 2.42. The Labute approximate surface area is 119 Å². The normalized spacial score (nSPS) is 14.8. The topological polar surface area (TPSA) is 137 Å². The smallest absolute Gasteiger partial charge is 0.349 e. The lowest BCUT2D eigenvalue weighted by Gasteiger charge is -2.19. The highest BCUT2D eigenvalue weighted by Crippen LogP contribution is 2.46. The van der Waals surface area contributed by atoms with Gasteiger partial charge in [0, 0.05) is 6.54 Å². The number of hydrogen-bond acceptors (Lipinski definition) is 7. The van der Waals surface area contributed by atoms with Crippen molar-refractivity contribution in [3.05, 3.63) is 0 Å². The van der Waals surface area contributed by atoms with Gasteiger partial charge >= 0.3 is 7.60 Å². The summed E-state index contributed by atoms with van der Waals surface area (Å²) in [4.78, 5) is 11.7. The van der Waals surface area contributed by atoms with Gasteiger partial charge in [-0.2, -0.15) is 0 Å². The molecule has 8 nitrogen and oxygen atoms in total. The minimum Gasteiger partial charge on any atom is -0.392 e. The zero-order valence-electron chi connectivity index (χ0n) is 12.1. The second kappa shape index (κ2) is 10.3. The van der Waals surface area contributed by atoms with Crippen LogP contribution in [-0.4, -0.2) is 49.2 Å². The van der Waals surface area contributed by atoms with Gasteiger partial charge in [-0.3, -0.25) is 9.36 Å². The molecule has 0 aliphatic carbocycles. The summed E-state index contributed by atoms with van der Waals surface area (Å²) in [6.07, 6.45) is -0.273. The molecule has 0 unspecified atom stereocenters. The lowest BCUT2D eigenvalue weighted by molar-refractivity contribution is -0.122. The summed E-state index contributed by atoms with van der Waals surface area (Å²) < 4.78 is 22.2. The molecule has 0 spiro atoms. The van der Waals surface area contributed by atoms with Crippen LogP contribution in [0.5, 0.6) is 0 Å². The highest BCUT2D eigenvalue weighted by atomic mass is 31.2. The minimum absolute atomic E-state index is 0.123. The van der Waals surface area contributed by atoms with Crippen molar-refractivity contribution in [1.82, 2.24) is 5.32 Å². The zero-order chi connectivity index (χ0) is 15.6. The first kappa shape index (κ1) is 19.5. The maximum Gasteiger partial charge on any atom is 0.349 e. The molecule has 0 aliphatic rings. The Morgan fingerprint density at radius 3 is 2.30 bits per heavy atom. The predicted octanol–water partition coefficient (Wildman–Crippen LogP) is -0.247. The van der Waals surface area contributed by atoms with Gasteiger partial charge in [0.1, 0.15) is 6.29 Å². The maximum absolute atomic E-state index is 12.1. The molecule has 0 bridgehead atoms. The van der Waals surface area contributed by atoms with Crippen molar-refractivity contribution in [2.24, 2.45) is 11.5 Å². The molecule has 0 fully saturated rings. The van der Waals surface area contributed by atoms with Gasteiger partial charge < -0.3 is 30.9 Å². The van der Waals surface area contributed by atoms with Crippen molar-refractivity contribution in [2.75, 3.05) is 26.0 Å². The predicted molar refractivity (Wildman–Crippen MR) is 76.1 cm³/mol. The van der Waals surface area contributed by atoms with Gasteiger partial charge in [-0.25, -0.2) is 0 Å². The molecular weight excluding hydrogens is 285 g/mol. The number of carbonyl (C=O) groups excluding carboxylic acids is 1. The third-order valence-electron chi connectivity index (χ3n) is 2.52. The number of rotatable bonds is 11. The average molecular weight is 311 g/mol. The van der Waals surface area contributed by atoms with Crippen molar-refractivity contribution in [2.45, 2.75) is 38.8 Å². The fourth-order valence-electron chi connectivity index (χ4n) is 1.45. The van der Waals surface area contributed by atoms with Crippen molar-refractivity contribution < 1.29 is 23.5 Å². The fraction of sp³-hybridized carbons (Fsp3) is 0.909. The quantitative estimate of drug-likeness (QED) is 0.386. The minimum atomic E-state index is -3.31. The van der Waals surface area contributed by atoms with E-state index in [9.17, 15) is 14.5 Å². The molecule has 0 saturated heterocycles. The van der Waals surface area contributed by atoms with E-state index in [-0.39, 0.29) is 32.5 Å². The monoisotopic (exact) mass is 311 g/mol. The number of nitrogens with two attached hydrogens (primary N) is 2. The van der Waals surface area contributed by atoms with Crippen molar-refractivity contribution >= 4 is 13.5 Å². The van der Waals surface area contributed by atoms with Crippen LogP contribution in [-0.2, 0) is 18.4 Å². The van der Waals surface area contributed by atoms with Gasteiger partial charge in [0.05, 0.1) is 25.4 Å². The van der Waals surface area contributed by atoms with Crippen LogP contribution in [0.4, 0.5) is 0 Å². The van der Waals surface area contributed by atoms with Gasteiger partial charge in [0.25, 0.3) is 0 Å². The first-order valence-electron chi connectivity index (χ1n) is 6.68. The molecule has 20 heavy (non-hydrogen) atoms. The van der Waals surface area contributed by atoms with Gasteiger partial charge in [-0.05, 0) is 26.7 Å². The standard InChI is InChI=1S/C11H26N3O5P/c1-3-18-20(17,19-4-2)8-14-11(16)10(13)6-5-9(15)7-12/h9-10,15H,3-8,12-13H2,1-2H3,(H,14,16)/t9-,10+/m1/s1. The lowest BCUT2D eigenvalue weighted by atomic mass is 10.1. The Morgan fingerprint density at radius 2 is 1.85 bits per heavy atom. The van der Waals surface area contributed by atoms with E-state index in [0.717, 1.165) is 0 Å². The molecule has 0 aliphatic heterocycles. The molecule has 120 valence electrons. The molecule has 0 rings (SSSR count). The van der Waals surface area contributed by atoms with E-state index in [1.807, 2.05) is 0 Å². The molecule has 0 aromatic heterocycles. The van der Waals surface area contributed by atoms with Gasteiger partial charge in [-0.15, -0.1) is 0 Å². The van der Waals surface area contributed by atoms with Crippen LogP contribution < -0.4 is 16.8 Å². The van der Waals surface area contributed by atoms with E-state index < -0.39 is 25.6 Å². The molecular formula is C11H26N3O5P. The molecule has 1 amide bonds. The fourth-order valence-corrected chi connectivity index (χ4v) is 2.84. The largest absolute Gasteiger partial charge is 0.392 e. The van der Waals surface area contributed by atoms with Crippen LogP contribution in [0.15, 0.2) is 0 Å². The number of aliphatic hydroxyl groups is 1. The third kappa shape index (κ3) is 7.94. The molecule has 0 saturated carbocycles. The molecule has 0 aromatic rings. The highest BCUT2D eigenvalue weighted by molar-refractivity contribution is 7.53. The first-order chi connectivity index (χ1) is 9.38. The van der Waals surface area contributed by atoms with Crippen LogP contribution in [0.1, 0.15) is 26.7 Å². The summed E-state index contributed by atoms with van der Waals surface area (Å²) >= 11 is 0. The summed E-state index contributed by atoms with van der Waals surface area (Å²) in [7, 11) is -3.31. The Morgan fingerprint density at radius 1 is 1.30 bits per heavy atom. The lowest BCUT2D eigenvalue weighted by Crippen LogP contribution is -2.41. The second-order valence-corrected chi connectivity index (χ2v) is 6.27. The van der Waals surface area contributed by atoms with E-state index in [4.69, 9.17) is 20.5 Å². The molecule has 0 aromatic carbocycles. The Hall–Kier alpha value is -0.500. The van der Waals surface area contributed by atoms with Crippen molar-refractivity contribution in [3.8, 4) is 0 Å². The van der Waals surface area contributed by atoms with Crippen molar-refractivity contribution in [1.29, 1.82) is 0 Å². The summed E-state index contributed by atoms with van der Waals surface area (Å²) in [6.45, 7) is 3.95. The molecule has 9 heteroatoms. The zero-order valence-corrected chi connectivity index (χ0v) is 13.0. The number of amides is 1. The third-order valence-corrected chi connectivity index (χ3v) is 4.37. The van der Waals surface area contributed by atoms with Crippen LogP contribution in [0, 0.1) is 0 Å². The van der Waals surface area contributed by atoms with Crippen LogP contribution in [0.25, 0.3) is 0 Å². The van der Waals surface area contributed by atoms with E-state index in [1.165, 1.54) is 0 Å². The summed E-state index contributed by atoms with van der Waals surface area (Å²) in [5.74, 6) is -0.464. The van der Waals surface area contributed by atoms with E-state index in [1.54, 1.807) is 13.8 Å². The number of aliphatic hydroxyl groups excluding tert-OH is 1. The molecule has 6 N–H and O–H groups in total. The molecule has 0 radical (unpaired) electrons. The van der Waals surface area contributed by atoms with Gasteiger partial charge in [0.15, 0.2) is 0 Å². The maximum atomic E-state index is 12.1. The number of carbonyl (C=O) groups is 1. The van der Waals surface area contributed by atoms with Crippen LogP contribution in [0.3, 0.4) is 0 Å².